The molecule has 0 aliphatic rings. The topological polar surface area (TPSA) is 0 Å². The van der Waals surface area contributed by atoms with E-state index in [4.69, 9.17) is 0 Å². The van der Waals surface area contributed by atoms with Crippen molar-refractivity contribution in [3.63, 3.8) is 0 Å². The van der Waals surface area contributed by atoms with Crippen molar-refractivity contribution in [2.45, 2.75) is 220 Å². The van der Waals surface area contributed by atoms with Gasteiger partial charge in [0.2, 0.25) is 0 Å². The van der Waals surface area contributed by atoms with Gasteiger partial charge < -0.3 is 4.48 Å². The molecule has 0 fully saturated rings. The van der Waals surface area contributed by atoms with E-state index >= 15 is 0 Å². The van der Waals surface area contributed by atoms with E-state index < -0.39 is 0 Å². The number of hydrogen-bond donors (Lipinski definition) is 0. The van der Waals surface area contributed by atoms with E-state index in [0.717, 1.165) is 0 Å². The second-order valence-electron chi connectivity index (χ2n) is 13.3. The number of quaternary nitrogens is 1. The summed E-state index contributed by atoms with van der Waals surface area (Å²) in [5.74, 6) is 0. The molecule has 0 amide bonds. The fourth-order valence-corrected chi connectivity index (χ4v) is 6.60. The lowest BCUT2D eigenvalue weighted by atomic mass is 10.0. The average Bonchev–Trinajstić information content (AvgIpc) is 2.96. The molecule has 0 heterocycles. The van der Waals surface area contributed by atoms with Gasteiger partial charge in [-0.15, -0.1) is 0 Å². The first kappa shape index (κ1) is 39.0. The van der Waals surface area contributed by atoms with Crippen LogP contribution in [-0.4, -0.2) is 30.7 Å². The van der Waals surface area contributed by atoms with Gasteiger partial charge in [0, 0.05) is 0 Å². The Labute approximate surface area is 250 Å². The molecule has 0 unspecified atom stereocenters. The molecule has 236 valence electrons. The van der Waals surface area contributed by atoms with Crippen LogP contribution in [0.25, 0.3) is 0 Å². The molecule has 1 heteroatoms. The molecular weight excluding hydrogens is 470 g/mol. The third-order valence-electron chi connectivity index (χ3n) is 9.81. The molecular formula is C38H80N+. The second-order valence-corrected chi connectivity index (χ2v) is 13.3. The van der Waals surface area contributed by atoms with Gasteiger partial charge in [0.15, 0.2) is 0 Å². The minimum atomic E-state index is 1.34. The van der Waals surface area contributed by atoms with Crippen molar-refractivity contribution in [1.29, 1.82) is 0 Å². The number of hydrogen-bond acceptors (Lipinski definition) is 0. The smallest absolute Gasteiger partial charge is 0.0786 e. The molecule has 0 aromatic heterocycles. The minimum absolute atomic E-state index is 1.34. The lowest BCUT2D eigenvalue weighted by molar-refractivity contribution is -0.925. The first-order valence-corrected chi connectivity index (χ1v) is 19.1. The van der Waals surface area contributed by atoms with Crippen molar-refractivity contribution in [3.8, 4) is 0 Å². The maximum atomic E-state index is 2.44. The molecule has 0 saturated heterocycles. The molecule has 0 radical (unpaired) electrons. The van der Waals surface area contributed by atoms with E-state index in [0.29, 0.717) is 0 Å². The summed E-state index contributed by atoms with van der Waals surface area (Å²) in [6.07, 6.45) is 44.1. The zero-order valence-electron chi connectivity index (χ0n) is 28.5. The molecule has 0 saturated carbocycles. The van der Waals surface area contributed by atoms with E-state index in [1.807, 2.05) is 0 Å². The third-order valence-corrected chi connectivity index (χ3v) is 9.81. The van der Waals surface area contributed by atoms with Crippen LogP contribution in [0.5, 0.6) is 0 Å². The van der Waals surface area contributed by atoms with E-state index in [-0.39, 0.29) is 0 Å². The van der Waals surface area contributed by atoms with Crippen LogP contribution < -0.4 is 0 Å². The largest absolute Gasteiger partial charge is 0.324 e. The standard InChI is InChI=1S/C38H80N/c1-5-9-11-13-15-17-19-21-23-25-27-29-31-33-35-37-39(7-3,8-4)38-36-34-32-30-28-26-24-22-20-18-16-14-12-10-6-2/h5-38H2,1-4H3/q+1. The van der Waals surface area contributed by atoms with Crippen LogP contribution in [-0.2, 0) is 0 Å². The molecule has 39 heavy (non-hydrogen) atoms. The third kappa shape index (κ3) is 27.9. The minimum Gasteiger partial charge on any atom is -0.324 e. The first-order chi connectivity index (χ1) is 19.2. The zero-order valence-corrected chi connectivity index (χ0v) is 28.5. The summed E-state index contributed by atoms with van der Waals surface area (Å²) in [6.45, 7) is 15.1. The van der Waals surface area contributed by atoms with Gasteiger partial charge in [0.05, 0.1) is 26.2 Å². The molecule has 0 rings (SSSR count). The van der Waals surface area contributed by atoms with Gasteiger partial charge >= 0.3 is 0 Å². The van der Waals surface area contributed by atoms with Crippen molar-refractivity contribution in [3.05, 3.63) is 0 Å². The Balaban J connectivity index is 3.52. The maximum absolute atomic E-state index is 2.44. The van der Waals surface area contributed by atoms with Crippen molar-refractivity contribution < 1.29 is 4.48 Å². The zero-order chi connectivity index (χ0) is 28.5. The molecule has 0 aliphatic carbocycles. The highest BCUT2D eigenvalue weighted by Gasteiger charge is 2.21. The molecule has 0 atom stereocenters. The predicted molar refractivity (Wildman–Crippen MR) is 181 cm³/mol. The quantitative estimate of drug-likeness (QED) is 0.0552. The van der Waals surface area contributed by atoms with Gasteiger partial charge in [-0.3, -0.25) is 0 Å². The van der Waals surface area contributed by atoms with Gasteiger partial charge in [0.25, 0.3) is 0 Å². The van der Waals surface area contributed by atoms with Crippen molar-refractivity contribution in [1.82, 2.24) is 0 Å². The first-order valence-electron chi connectivity index (χ1n) is 19.1. The second kappa shape index (κ2) is 32.5. The van der Waals surface area contributed by atoms with Gasteiger partial charge in [-0.25, -0.2) is 0 Å². The lowest BCUT2D eigenvalue weighted by Gasteiger charge is -2.37. The van der Waals surface area contributed by atoms with Crippen LogP contribution in [0.1, 0.15) is 220 Å². The van der Waals surface area contributed by atoms with Crippen LogP contribution in [0, 0.1) is 0 Å². The average molecular weight is 551 g/mol. The summed E-state index contributed by atoms with van der Waals surface area (Å²) in [4.78, 5) is 0. The molecule has 0 bridgehead atoms. The number of rotatable bonds is 34. The highest BCUT2D eigenvalue weighted by atomic mass is 15.3. The SMILES string of the molecule is CCCCCCCCCCCCCCCCC[N+](CC)(CC)CCCCCCCCCCCCCCCCC. The van der Waals surface area contributed by atoms with Crippen LogP contribution in [0.2, 0.25) is 0 Å². The Kier molecular flexibility index (Phi) is 32.4. The van der Waals surface area contributed by atoms with Crippen LogP contribution >= 0.6 is 0 Å². The van der Waals surface area contributed by atoms with E-state index in [1.54, 1.807) is 0 Å². The Morgan fingerprint density at radius 1 is 0.231 bits per heavy atom. The maximum Gasteiger partial charge on any atom is 0.0786 e. The van der Waals surface area contributed by atoms with Crippen molar-refractivity contribution in [2.24, 2.45) is 0 Å². The predicted octanol–water partition coefficient (Wildman–Crippen LogP) is 13.6. The van der Waals surface area contributed by atoms with Crippen LogP contribution in [0.4, 0.5) is 0 Å². The number of unbranched alkanes of at least 4 members (excludes halogenated alkanes) is 28. The van der Waals surface area contributed by atoms with Crippen molar-refractivity contribution >= 4 is 0 Å². The molecule has 0 aromatic carbocycles. The van der Waals surface area contributed by atoms with E-state index in [1.165, 1.54) is 223 Å². The normalized spacial score (nSPS) is 12.0. The molecule has 0 spiro atoms. The van der Waals surface area contributed by atoms with Crippen LogP contribution in [0.15, 0.2) is 0 Å². The Morgan fingerprint density at radius 3 is 0.590 bits per heavy atom. The summed E-state index contributed by atoms with van der Waals surface area (Å²) in [5.41, 5.74) is 0. The lowest BCUT2D eigenvalue weighted by Crippen LogP contribution is -2.49. The Morgan fingerprint density at radius 2 is 0.410 bits per heavy atom. The Hall–Kier alpha value is -0.0400. The molecule has 0 aromatic rings. The summed E-state index contributed by atoms with van der Waals surface area (Å²) in [7, 11) is 0. The molecule has 0 aliphatic heterocycles. The summed E-state index contributed by atoms with van der Waals surface area (Å²) in [6, 6.07) is 0. The summed E-state index contributed by atoms with van der Waals surface area (Å²) < 4.78 is 1.39. The number of nitrogens with zero attached hydrogens (tertiary/aromatic N) is 1. The molecule has 0 N–H and O–H groups in total. The fraction of sp³-hybridized carbons (Fsp3) is 1.00. The highest BCUT2D eigenvalue weighted by Crippen LogP contribution is 2.18. The van der Waals surface area contributed by atoms with Crippen molar-refractivity contribution in [2.75, 3.05) is 26.2 Å². The van der Waals surface area contributed by atoms with Gasteiger partial charge in [-0.1, -0.05) is 181 Å². The monoisotopic (exact) mass is 551 g/mol. The molecule has 1 nitrogen and oxygen atoms in total. The van der Waals surface area contributed by atoms with E-state index in [9.17, 15) is 0 Å². The Bertz CT molecular complexity index is 390. The highest BCUT2D eigenvalue weighted by molar-refractivity contribution is 4.53. The van der Waals surface area contributed by atoms with E-state index in [2.05, 4.69) is 27.7 Å². The van der Waals surface area contributed by atoms with Gasteiger partial charge in [0.1, 0.15) is 0 Å². The summed E-state index contributed by atoms with van der Waals surface area (Å²) >= 11 is 0. The van der Waals surface area contributed by atoms with Gasteiger partial charge in [-0.2, -0.15) is 0 Å². The van der Waals surface area contributed by atoms with Crippen LogP contribution in [0.3, 0.4) is 0 Å². The summed E-state index contributed by atoms with van der Waals surface area (Å²) in [5, 5.41) is 0. The van der Waals surface area contributed by atoms with Gasteiger partial charge in [-0.05, 0) is 39.5 Å². The fourth-order valence-electron chi connectivity index (χ4n) is 6.60.